The molecule has 2 amide bonds. The fraction of sp³-hybridized carbons (Fsp3) is 0. The number of nitrogens with zero attached hydrogens (tertiary/aromatic N) is 1. The van der Waals surface area contributed by atoms with Crippen LogP contribution in [-0.2, 0) is 10.0 Å². The number of benzene rings is 2. The van der Waals surface area contributed by atoms with Crippen molar-refractivity contribution < 1.29 is 27.1 Å². The molecule has 0 atom stereocenters. The molecule has 0 fully saturated rings. The molecule has 0 bridgehead atoms. The van der Waals surface area contributed by atoms with Crippen LogP contribution in [0, 0.1) is 11.6 Å². The quantitative estimate of drug-likeness (QED) is 0.379. The molecule has 0 spiro atoms. The van der Waals surface area contributed by atoms with E-state index in [0.29, 0.717) is 4.57 Å². The van der Waals surface area contributed by atoms with Gasteiger partial charge in [-0.15, -0.1) is 11.3 Å². The van der Waals surface area contributed by atoms with Crippen molar-refractivity contribution in [3.63, 3.8) is 0 Å². The Morgan fingerprint density at radius 2 is 1.82 bits per heavy atom. The number of hydrogen-bond donors (Lipinski definition) is 3. The Bertz CT molecular complexity index is 1580. The molecule has 0 radical (unpaired) electrons. The molecule has 2 aromatic heterocycles. The largest absolute Gasteiger partial charge is 0.494 e. The summed E-state index contributed by atoms with van der Waals surface area (Å²) in [7, 11) is -4.19. The maximum atomic E-state index is 14.8. The second kappa shape index (κ2) is 8.46. The number of aromatic hydroxyl groups is 1. The van der Waals surface area contributed by atoms with Crippen LogP contribution in [0.25, 0.3) is 16.5 Å². The molecule has 0 aliphatic carbocycles. The second-order valence-corrected chi connectivity index (χ2v) is 10.3. The molecule has 33 heavy (non-hydrogen) atoms. The number of halogens is 3. The molecule has 0 aliphatic rings. The third-order valence-electron chi connectivity index (χ3n) is 4.45. The van der Waals surface area contributed by atoms with Crippen LogP contribution < -0.4 is 15.6 Å². The number of carbonyl (C=O) groups excluding carboxylic acids is 1. The van der Waals surface area contributed by atoms with Crippen LogP contribution >= 0.6 is 22.9 Å². The van der Waals surface area contributed by atoms with Crippen LogP contribution in [0.3, 0.4) is 0 Å². The lowest BCUT2D eigenvalue weighted by Gasteiger charge is -2.13. The van der Waals surface area contributed by atoms with Crippen LogP contribution in [0.4, 0.5) is 19.3 Å². The first kappa shape index (κ1) is 22.7. The first-order chi connectivity index (χ1) is 15.5. The summed E-state index contributed by atoms with van der Waals surface area (Å²) >= 11 is 6.45. The van der Waals surface area contributed by atoms with Crippen molar-refractivity contribution in [2.45, 2.75) is 4.21 Å². The van der Waals surface area contributed by atoms with Gasteiger partial charge in [0.05, 0.1) is 10.0 Å². The van der Waals surface area contributed by atoms with Gasteiger partial charge in [-0.05, 0) is 47.9 Å². The Labute approximate surface area is 193 Å². The number of fused-ring (bicyclic) bond motifs is 1. The second-order valence-electron chi connectivity index (χ2n) is 6.66. The molecule has 0 saturated heterocycles. The average molecular weight is 512 g/mol. The predicted molar refractivity (Wildman–Crippen MR) is 120 cm³/mol. The number of rotatable bonds is 4. The van der Waals surface area contributed by atoms with Crippen molar-refractivity contribution in [3.05, 3.63) is 80.9 Å². The number of anilines is 1. The fourth-order valence-electron chi connectivity index (χ4n) is 3.04. The number of pyridine rings is 1. The highest BCUT2D eigenvalue weighted by molar-refractivity contribution is 7.92. The maximum absolute atomic E-state index is 14.8. The number of aromatic nitrogens is 1. The van der Waals surface area contributed by atoms with Crippen LogP contribution in [0.5, 0.6) is 5.88 Å². The van der Waals surface area contributed by atoms with Crippen LogP contribution in [0.15, 0.2) is 63.6 Å². The van der Waals surface area contributed by atoms with Crippen molar-refractivity contribution in [1.29, 1.82) is 0 Å². The SMILES string of the molecule is O=C(Nc1ccc(-n2c(O)c3cc(F)ccc3cc2=O)c(F)c1)NS(=O)(=O)c1ccc(Cl)s1. The zero-order valence-corrected chi connectivity index (χ0v) is 18.6. The zero-order chi connectivity index (χ0) is 23.9. The van der Waals surface area contributed by atoms with E-state index < -0.39 is 39.1 Å². The fourth-order valence-corrected chi connectivity index (χ4v) is 5.43. The van der Waals surface area contributed by atoms with Crippen molar-refractivity contribution in [1.82, 2.24) is 9.29 Å². The lowest BCUT2D eigenvalue weighted by molar-refractivity contribution is 0.256. The van der Waals surface area contributed by atoms with Gasteiger partial charge in [0, 0.05) is 17.1 Å². The van der Waals surface area contributed by atoms with E-state index in [2.05, 4.69) is 5.32 Å². The molecular formula is C20H12ClF2N3O5S2. The summed E-state index contributed by atoms with van der Waals surface area (Å²) in [6, 6.07) is 9.04. The Kier molecular flexibility index (Phi) is 5.82. The number of urea groups is 1. The van der Waals surface area contributed by atoms with Crippen molar-refractivity contribution in [2.75, 3.05) is 5.32 Å². The summed E-state index contributed by atoms with van der Waals surface area (Å²) in [5.41, 5.74) is -1.27. The van der Waals surface area contributed by atoms with Gasteiger partial charge < -0.3 is 10.4 Å². The Hall–Kier alpha value is -3.48. The van der Waals surface area contributed by atoms with Crippen LogP contribution in [0.1, 0.15) is 0 Å². The lowest BCUT2D eigenvalue weighted by Crippen LogP contribution is -2.34. The minimum Gasteiger partial charge on any atom is -0.494 e. The van der Waals surface area contributed by atoms with Crippen molar-refractivity contribution >= 4 is 55.5 Å². The van der Waals surface area contributed by atoms with Gasteiger partial charge in [-0.2, -0.15) is 0 Å². The third-order valence-corrected chi connectivity index (χ3v) is 7.51. The zero-order valence-electron chi connectivity index (χ0n) is 16.2. The molecule has 0 aliphatic heterocycles. The highest BCUT2D eigenvalue weighted by Crippen LogP contribution is 2.28. The van der Waals surface area contributed by atoms with E-state index in [1.54, 1.807) is 4.72 Å². The minimum absolute atomic E-state index is 0.00512. The normalized spacial score (nSPS) is 11.5. The Morgan fingerprint density at radius 3 is 2.48 bits per heavy atom. The summed E-state index contributed by atoms with van der Waals surface area (Å²) in [6.45, 7) is 0. The smallest absolute Gasteiger partial charge is 0.333 e. The van der Waals surface area contributed by atoms with Gasteiger partial charge in [0.1, 0.15) is 15.8 Å². The van der Waals surface area contributed by atoms with Crippen molar-refractivity contribution in [3.8, 4) is 11.6 Å². The molecule has 3 N–H and O–H groups in total. The van der Waals surface area contributed by atoms with E-state index in [9.17, 15) is 31.9 Å². The molecular weight excluding hydrogens is 500 g/mol. The molecule has 13 heteroatoms. The summed E-state index contributed by atoms with van der Waals surface area (Å²) in [4.78, 5) is 24.5. The lowest BCUT2D eigenvalue weighted by atomic mass is 10.1. The predicted octanol–water partition coefficient (Wildman–Crippen LogP) is 4.20. The third kappa shape index (κ3) is 4.53. The summed E-state index contributed by atoms with van der Waals surface area (Å²) in [6.07, 6.45) is 0. The minimum atomic E-state index is -4.19. The summed E-state index contributed by atoms with van der Waals surface area (Å²) in [5.74, 6) is -2.35. The Morgan fingerprint density at radius 1 is 1.06 bits per heavy atom. The molecule has 0 saturated carbocycles. The van der Waals surface area contributed by atoms with Crippen LogP contribution in [-0.4, -0.2) is 24.1 Å². The van der Waals surface area contributed by atoms with Gasteiger partial charge in [-0.3, -0.25) is 4.79 Å². The number of amides is 2. The highest BCUT2D eigenvalue weighted by atomic mass is 35.5. The number of thiophene rings is 1. The monoisotopic (exact) mass is 511 g/mol. The maximum Gasteiger partial charge on any atom is 0.333 e. The van der Waals surface area contributed by atoms with Gasteiger partial charge in [-0.1, -0.05) is 17.7 Å². The van der Waals surface area contributed by atoms with E-state index in [4.69, 9.17) is 11.6 Å². The number of nitrogens with one attached hydrogen (secondary N) is 2. The average Bonchev–Trinajstić information content (AvgIpc) is 3.17. The van der Waals surface area contributed by atoms with Gasteiger partial charge in [-0.25, -0.2) is 31.3 Å². The first-order valence-electron chi connectivity index (χ1n) is 8.98. The number of carbonyl (C=O) groups is 1. The van der Waals surface area contributed by atoms with Crippen molar-refractivity contribution in [2.24, 2.45) is 0 Å². The van der Waals surface area contributed by atoms with E-state index in [1.807, 2.05) is 0 Å². The van der Waals surface area contributed by atoms with Gasteiger partial charge in [0.2, 0.25) is 5.88 Å². The van der Waals surface area contributed by atoms with E-state index in [0.717, 1.165) is 41.7 Å². The van der Waals surface area contributed by atoms with E-state index in [1.165, 1.54) is 24.3 Å². The summed E-state index contributed by atoms with van der Waals surface area (Å²) < 4.78 is 55.1. The van der Waals surface area contributed by atoms with Gasteiger partial charge in [0.25, 0.3) is 15.6 Å². The molecule has 0 unspecified atom stereocenters. The van der Waals surface area contributed by atoms with E-state index >= 15 is 0 Å². The standard InChI is InChI=1S/C20H12ClF2N3O5S2/c21-16-5-6-18(32-16)33(30,31)25-20(29)24-12-3-4-15(14(23)9-12)26-17(27)7-10-1-2-11(22)8-13(10)19(26)28/h1-9,28H,(H2,24,25,29). The topological polar surface area (TPSA) is 118 Å². The number of sulfonamides is 1. The first-order valence-corrected chi connectivity index (χ1v) is 11.7. The molecule has 2 aromatic carbocycles. The molecule has 8 nitrogen and oxygen atoms in total. The van der Waals surface area contributed by atoms with Gasteiger partial charge >= 0.3 is 6.03 Å². The van der Waals surface area contributed by atoms with Crippen LogP contribution in [0.2, 0.25) is 4.34 Å². The molecule has 170 valence electrons. The van der Waals surface area contributed by atoms with Gasteiger partial charge in [0.15, 0.2) is 0 Å². The molecule has 4 rings (SSSR count). The highest BCUT2D eigenvalue weighted by Gasteiger charge is 2.21. The Balaban J connectivity index is 1.62. The van der Waals surface area contributed by atoms with E-state index in [-0.39, 0.29) is 30.7 Å². The molecule has 4 aromatic rings. The number of hydrogen-bond acceptors (Lipinski definition) is 6. The summed E-state index contributed by atoms with van der Waals surface area (Å²) in [5, 5.41) is 12.9. The molecule has 2 heterocycles.